The number of halogens is 1. The van der Waals surface area contributed by atoms with Crippen LogP contribution in [0.3, 0.4) is 0 Å². The number of pyridine rings is 1. The van der Waals surface area contributed by atoms with Gasteiger partial charge in [-0.2, -0.15) is 0 Å². The molecule has 2 aromatic heterocycles. The monoisotopic (exact) mass is 373 g/mol. The molecule has 1 N–H and O–H groups in total. The van der Waals surface area contributed by atoms with Crippen LogP contribution < -0.4 is 5.32 Å². The normalized spacial score (nSPS) is 35.7. The molecule has 4 fully saturated rings. The Morgan fingerprint density at radius 1 is 1.20 bits per heavy atom. The van der Waals surface area contributed by atoms with Gasteiger partial charge in [0.25, 0.3) is 0 Å². The standard InChI is InChI=1S/C19H20ClN3OS/c20-19-8-12-5-13(9-19)7-18(6-12,11-19)16(24)23-17-22-15(10-25-17)14-3-1-2-4-21-14/h1-4,10,12-13H,5-9,11H2,(H,22,23,24)/t12-,13+,18?,19?. The van der Waals surface area contributed by atoms with Crippen LogP contribution >= 0.6 is 22.9 Å². The lowest BCUT2D eigenvalue weighted by Gasteiger charge is -2.59. The van der Waals surface area contributed by atoms with Crippen LogP contribution in [0, 0.1) is 17.3 Å². The zero-order valence-electron chi connectivity index (χ0n) is 13.9. The second-order valence-electron chi connectivity index (χ2n) is 8.10. The molecule has 2 aromatic rings. The van der Waals surface area contributed by atoms with Gasteiger partial charge >= 0.3 is 0 Å². The van der Waals surface area contributed by atoms with Gasteiger partial charge in [0.05, 0.1) is 11.1 Å². The Hall–Kier alpha value is -1.46. The molecule has 4 aliphatic carbocycles. The maximum absolute atomic E-state index is 13.1. The maximum atomic E-state index is 13.1. The van der Waals surface area contributed by atoms with Crippen molar-refractivity contribution < 1.29 is 4.79 Å². The number of anilines is 1. The first-order chi connectivity index (χ1) is 12.0. The third-order valence-corrected chi connectivity index (χ3v) is 7.32. The molecule has 0 saturated heterocycles. The third-order valence-electron chi connectivity index (χ3n) is 6.12. The quantitative estimate of drug-likeness (QED) is 0.792. The summed E-state index contributed by atoms with van der Waals surface area (Å²) >= 11 is 8.31. The topological polar surface area (TPSA) is 54.9 Å². The molecule has 0 radical (unpaired) electrons. The largest absolute Gasteiger partial charge is 0.301 e. The van der Waals surface area contributed by atoms with Gasteiger partial charge in [-0.05, 0) is 62.5 Å². The Balaban J connectivity index is 1.37. The summed E-state index contributed by atoms with van der Waals surface area (Å²) in [5.41, 5.74) is 1.34. The summed E-state index contributed by atoms with van der Waals surface area (Å²) in [7, 11) is 0. The summed E-state index contributed by atoms with van der Waals surface area (Å²) < 4.78 is 0. The Kier molecular flexibility index (Phi) is 3.48. The molecule has 4 nitrogen and oxygen atoms in total. The van der Waals surface area contributed by atoms with Gasteiger partial charge in [-0.1, -0.05) is 6.07 Å². The predicted molar refractivity (Wildman–Crippen MR) is 99.7 cm³/mol. The fourth-order valence-electron chi connectivity index (χ4n) is 5.61. The molecule has 4 bridgehead atoms. The summed E-state index contributed by atoms with van der Waals surface area (Å²) in [6.07, 6.45) is 7.97. The molecule has 0 aromatic carbocycles. The molecule has 25 heavy (non-hydrogen) atoms. The molecule has 2 heterocycles. The van der Waals surface area contributed by atoms with Gasteiger partial charge in [-0.3, -0.25) is 9.78 Å². The summed E-state index contributed by atoms with van der Waals surface area (Å²) in [4.78, 5) is 21.9. The third kappa shape index (κ3) is 2.68. The van der Waals surface area contributed by atoms with Crippen LogP contribution in [0.1, 0.15) is 38.5 Å². The van der Waals surface area contributed by atoms with Gasteiger partial charge in [0.2, 0.25) is 5.91 Å². The first-order valence-electron chi connectivity index (χ1n) is 8.91. The van der Waals surface area contributed by atoms with Gasteiger partial charge in [0, 0.05) is 16.5 Å². The smallest absolute Gasteiger partial charge is 0.232 e. The van der Waals surface area contributed by atoms with E-state index in [1.54, 1.807) is 6.20 Å². The molecule has 1 amide bonds. The number of hydrogen-bond donors (Lipinski definition) is 1. The molecule has 4 atom stereocenters. The van der Waals surface area contributed by atoms with E-state index in [4.69, 9.17) is 11.6 Å². The van der Waals surface area contributed by atoms with E-state index >= 15 is 0 Å². The van der Waals surface area contributed by atoms with E-state index in [1.807, 2.05) is 23.6 Å². The van der Waals surface area contributed by atoms with Crippen molar-refractivity contribution in [2.45, 2.75) is 43.4 Å². The van der Waals surface area contributed by atoms with Crippen LogP contribution in [0.5, 0.6) is 0 Å². The SMILES string of the molecule is O=C(Nc1nc(-c2ccccn2)cs1)C12C[C@@H]3C[C@@H](CC(Cl)(C3)C1)C2. The highest BCUT2D eigenvalue weighted by atomic mass is 35.5. The lowest BCUT2D eigenvalue weighted by Crippen LogP contribution is -2.57. The van der Waals surface area contributed by atoms with Crippen LogP contribution in [0.25, 0.3) is 11.4 Å². The Labute approximate surface area is 156 Å². The second-order valence-corrected chi connectivity index (χ2v) is 9.76. The number of carbonyl (C=O) groups is 1. The van der Waals surface area contributed by atoms with E-state index in [0.717, 1.165) is 43.5 Å². The number of hydrogen-bond acceptors (Lipinski definition) is 4. The summed E-state index contributed by atoms with van der Waals surface area (Å²) in [6, 6.07) is 5.75. The second kappa shape index (κ2) is 5.52. The van der Waals surface area contributed by atoms with Crippen molar-refractivity contribution in [1.82, 2.24) is 9.97 Å². The molecule has 2 unspecified atom stereocenters. The zero-order chi connectivity index (χ0) is 17.1. The summed E-state index contributed by atoms with van der Waals surface area (Å²) in [5.74, 6) is 1.35. The average Bonchev–Trinajstić information content (AvgIpc) is 3.02. The van der Waals surface area contributed by atoms with Crippen molar-refractivity contribution in [3.05, 3.63) is 29.8 Å². The van der Waals surface area contributed by atoms with E-state index in [1.165, 1.54) is 17.8 Å². The lowest BCUT2D eigenvalue weighted by atomic mass is 9.49. The molecule has 130 valence electrons. The molecule has 4 aliphatic rings. The molecule has 6 heteroatoms. The minimum absolute atomic E-state index is 0.119. The van der Waals surface area contributed by atoms with E-state index in [0.29, 0.717) is 17.0 Å². The fraction of sp³-hybridized carbons (Fsp3) is 0.526. The average molecular weight is 374 g/mol. The molecule has 0 aliphatic heterocycles. The number of nitrogens with zero attached hydrogens (tertiary/aromatic N) is 2. The first kappa shape index (κ1) is 15.8. The molecule has 0 spiro atoms. The van der Waals surface area contributed by atoms with Gasteiger partial charge in [0.1, 0.15) is 5.69 Å². The molecule has 4 saturated carbocycles. The van der Waals surface area contributed by atoms with Crippen LogP contribution in [-0.4, -0.2) is 20.7 Å². The van der Waals surface area contributed by atoms with Gasteiger partial charge in [-0.25, -0.2) is 4.98 Å². The van der Waals surface area contributed by atoms with Crippen LogP contribution in [0.15, 0.2) is 29.8 Å². The number of nitrogens with one attached hydrogen (secondary N) is 1. The van der Waals surface area contributed by atoms with E-state index in [-0.39, 0.29) is 16.2 Å². The molecule has 6 rings (SSSR count). The minimum atomic E-state index is -0.289. The fourth-order valence-corrected chi connectivity index (χ4v) is 7.00. The highest BCUT2D eigenvalue weighted by molar-refractivity contribution is 7.14. The van der Waals surface area contributed by atoms with Crippen molar-refractivity contribution in [1.29, 1.82) is 0 Å². The van der Waals surface area contributed by atoms with Crippen molar-refractivity contribution in [2.24, 2.45) is 17.3 Å². The van der Waals surface area contributed by atoms with E-state index in [2.05, 4.69) is 15.3 Å². The highest BCUT2D eigenvalue weighted by Crippen LogP contribution is 2.64. The van der Waals surface area contributed by atoms with E-state index in [9.17, 15) is 4.79 Å². The van der Waals surface area contributed by atoms with Gasteiger partial charge in [-0.15, -0.1) is 22.9 Å². The first-order valence-corrected chi connectivity index (χ1v) is 10.2. The van der Waals surface area contributed by atoms with Crippen LogP contribution in [-0.2, 0) is 4.79 Å². The highest BCUT2D eigenvalue weighted by Gasteiger charge is 2.60. The van der Waals surface area contributed by atoms with Crippen LogP contribution in [0.2, 0.25) is 0 Å². The predicted octanol–water partition coefficient (Wildman–Crippen LogP) is 4.72. The van der Waals surface area contributed by atoms with E-state index < -0.39 is 0 Å². The minimum Gasteiger partial charge on any atom is -0.301 e. The number of carbonyl (C=O) groups excluding carboxylic acids is 1. The number of amides is 1. The van der Waals surface area contributed by atoms with Crippen LogP contribution in [0.4, 0.5) is 5.13 Å². The summed E-state index contributed by atoms with van der Waals surface area (Å²) in [5, 5.41) is 5.69. The Morgan fingerprint density at radius 3 is 2.68 bits per heavy atom. The van der Waals surface area contributed by atoms with Crippen molar-refractivity contribution in [2.75, 3.05) is 5.32 Å². The molecular weight excluding hydrogens is 354 g/mol. The lowest BCUT2D eigenvalue weighted by molar-refractivity contribution is -0.138. The number of aromatic nitrogens is 2. The van der Waals surface area contributed by atoms with Gasteiger partial charge in [0.15, 0.2) is 5.13 Å². The summed E-state index contributed by atoms with van der Waals surface area (Å²) in [6.45, 7) is 0. The van der Waals surface area contributed by atoms with Crippen molar-refractivity contribution in [3.8, 4) is 11.4 Å². The maximum Gasteiger partial charge on any atom is 0.232 e. The van der Waals surface area contributed by atoms with Crippen molar-refractivity contribution in [3.63, 3.8) is 0 Å². The zero-order valence-corrected chi connectivity index (χ0v) is 15.4. The number of alkyl halides is 1. The Bertz CT molecular complexity index is 807. The molecular formula is C19H20ClN3OS. The van der Waals surface area contributed by atoms with Crippen molar-refractivity contribution >= 4 is 34.0 Å². The van der Waals surface area contributed by atoms with Gasteiger partial charge < -0.3 is 5.32 Å². The Morgan fingerprint density at radius 2 is 2.00 bits per heavy atom. The number of rotatable bonds is 3. The number of thiazole rings is 1.